The van der Waals surface area contributed by atoms with Gasteiger partial charge in [0.05, 0.1) is 5.41 Å². The molecule has 2 aromatic heterocycles. The molecule has 9 rings (SSSR count). The molecule has 2 heterocycles. The minimum Gasteiger partial charge on any atom is -0.287 e. The monoisotopic (exact) mass is 848 g/mol. The lowest BCUT2D eigenvalue weighted by Crippen LogP contribution is -2.31. The van der Waals surface area contributed by atoms with Gasteiger partial charge in [0.25, 0.3) is 0 Å². The standard InChI is InChI=1S/C60H52N2O3/c1-34-18-35(2)23-43(22-34)42(9)53-30-47(31-54(61-53)57(63)44-24-36(3)19-37(4)25-44)60(51-16-12-10-14-49(51)50-15-11-13-17-52(50)60)48-32-55(58(64)45-26-38(5)20-39(6)27-45)62-56(33-48)59(65)46-28-40(7)21-41(8)29-46/h10-33,42H,1-9H3. The number of hydrogen-bond acceptors (Lipinski definition) is 5. The average Bonchev–Trinajstić information content (AvgIpc) is 3.57. The molecule has 5 heteroatoms. The quantitative estimate of drug-likeness (QED) is 0.128. The van der Waals surface area contributed by atoms with Crippen molar-refractivity contribution < 1.29 is 14.4 Å². The van der Waals surface area contributed by atoms with Gasteiger partial charge < -0.3 is 0 Å². The molecule has 65 heavy (non-hydrogen) atoms. The molecular formula is C60H52N2O3. The zero-order chi connectivity index (χ0) is 45.9. The number of aromatic nitrogens is 2. The second-order valence-electron chi connectivity index (χ2n) is 18.4. The molecule has 0 bridgehead atoms. The zero-order valence-corrected chi connectivity index (χ0v) is 38.6. The van der Waals surface area contributed by atoms with Crippen LogP contribution in [0.4, 0.5) is 0 Å². The first-order valence-electron chi connectivity index (χ1n) is 22.3. The number of ketones is 3. The number of benzene rings is 6. The van der Waals surface area contributed by atoms with Gasteiger partial charge in [0.1, 0.15) is 17.1 Å². The van der Waals surface area contributed by atoms with Crippen molar-refractivity contribution in [3.63, 3.8) is 0 Å². The summed E-state index contributed by atoms with van der Waals surface area (Å²) >= 11 is 0. The van der Waals surface area contributed by atoms with Crippen molar-refractivity contribution in [3.05, 3.63) is 257 Å². The number of carbonyl (C=O) groups excluding carboxylic acids is 3. The Kier molecular flexibility index (Phi) is 11.0. The van der Waals surface area contributed by atoms with E-state index in [1.807, 2.05) is 133 Å². The molecule has 0 saturated carbocycles. The summed E-state index contributed by atoms with van der Waals surface area (Å²) in [5.74, 6) is -0.961. The molecule has 320 valence electrons. The highest BCUT2D eigenvalue weighted by Crippen LogP contribution is 2.56. The highest BCUT2D eigenvalue weighted by molar-refractivity contribution is 6.12. The van der Waals surface area contributed by atoms with Crippen LogP contribution in [0.15, 0.2) is 146 Å². The van der Waals surface area contributed by atoms with Gasteiger partial charge in [-0.2, -0.15) is 0 Å². The number of nitrogens with zero attached hydrogens (tertiary/aromatic N) is 2. The molecule has 1 aliphatic carbocycles. The van der Waals surface area contributed by atoms with Crippen LogP contribution in [0.3, 0.4) is 0 Å². The molecule has 8 aromatic rings. The van der Waals surface area contributed by atoms with Crippen molar-refractivity contribution in [1.29, 1.82) is 0 Å². The average molecular weight is 849 g/mol. The molecule has 1 atom stereocenters. The lowest BCUT2D eigenvalue weighted by molar-refractivity contribution is 0.102. The number of hydrogen-bond donors (Lipinski definition) is 0. The van der Waals surface area contributed by atoms with E-state index >= 15 is 4.79 Å². The molecule has 0 amide bonds. The first-order valence-corrected chi connectivity index (χ1v) is 22.3. The molecule has 0 fully saturated rings. The van der Waals surface area contributed by atoms with Crippen molar-refractivity contribution in [2.45, 2.75) is 73.6 Å². The van der Waals surface area contributed by atoms with Gasteiger partial charge in [0, 0.05) is 28.3 Å². The third-order valence-electron chi connectivity index (χ3n) is 12.8. The lowest BCUT2D eigenvalue weighted by Gasteiger charge is -2.35. The fraction of sp³-hybridized carbons (Fsp3) is 0.183. The Morgan fingerprint density at radius 3 is 1.11 bits per heavy atom. The van der Waals surface area contributed by atoms with Gasteiger partial charge in [-0.25, -0.2) is 9.97 Å². The molecule has 6 aromatic carbocycles. The molecule has 0 aliphatic heterocycles. The van der Waals surface area contributed by atoms with Gasteiger partial charge in [-0.15, -0.1) is 0 Å². The Morgan fingerprint density at radius 1 is 0.400 bits per heavy atom. The minimum absolute atomic E-state index is 0.158. The van der Waals surface area contributed by atoms with Crippen molar-refractivity contribution in [2.24, 2.45) is 0 Å². The Morgan fingerprint density at radius 2 is 0.723 bits per heavy atom. The number of pyridine rings is 2. The van der Waals surface area contributed by atoms with Gasteiger partial charge >= 0.3 is 0 Å². The molecule has 1 aliphatic rings. The lowest BCUT2D eigenvalue weighted by atomic mass is 9.67. The first-order chi connectivity index (χ1) is 31.1. The maximum Gasteiger partial charge on any atom is 0.211 e. The Bertz CT molecular complexity index is 3070. The van der Waals surface area contributed by atoms with E-state index in [0.717, 1.165) is 83.6 Å². The first kappa shape index (κ1) is 42.9. The predicted octanol–water partition coefficient (Wildman–Crippen LogP) is 13.2. The van der Waals surface area contributed by atoms with Crippen LogP contribution in [0.2, 0.25) is 0 Å². The topological polar surface area (TPSA) is 77.0 Å². The molecular weight excluding hydrogens is 797 g/mol. The van der Waals surface area contributed by atoms with Crippen LogP contribution in [-0.4, -0.2) is 27.3 Å². The van der Waals surface area contributed by atoms with Crippen LogP contribution < -0.4 is 0 Å². The van der Waals surface area contributed by atoms with Gasteiger partial charge in [-0.3, -0.25) is 14.4 Å². The van der Waals surface area contributed by atoms with Gasteiger partial charge in [0.15, 0.2) is 0 Å². The fourth-order valence-electron chi connectivity index (χ4n) is 10.3. The highest BCUT2D eigenvalue weighted by Gasteiger charge is 2.47. The third kappa shape index (κ3) is 7.86. The largest absolute Gasteiger partial charge is 0.287 e. The second-order valence-corrected chi connectivity index (χ2v) is 18.4. The van der Waals surface area contributed by atoms with E-state index in [0.29, 0.717) is 27.9 Å². The molecule has 5 nitrogen and oxygen atoms in total. The summed E-state index contributed by atoms with van der Waals surface area (Å²) < 4.78 is 0. The predicted molar refractivity (Wildman–Crippen MR) is 261 cm³/mol. The van der Waals surface area contributed by atoms with E-state index in [-0.39, 0.29) is 34.7 Å². The van der Waals surface area contributed by atoms with E-state index < -0.39 is 5.41 Å². The normalized spacial score (nSPS) is 12.9. The summed E-state index contributed by atoms with van der Waals surface area (Å²) in [5, 5.41) is 0. The van der Waals surface area contributed by atoms with Crippen molar-refractivity contribution in [2.75, 3.05) is 0 Å². The smallest absolute Gasteiger partial charge is 0.211 e. The summed E-state index contributed by atoms with van der Waals surface area (Å²) in [5.41, 5.74) is 16.4. The van der Waals surface area contributed by atoms with E-state index in [9.17, 15) is 9.59 Å². The summed E-state index contributed by atoms with van der Waals surface area (Å²) in [6.07, 6.45) is 0. The summed E-state index contributed by atoms with van der Waals surface area (Å²) in [7, 11) is 0. The molecule has 0 spiro atoms. The van der Waals surface area contributed by atoms with Crippen LogP contribution in [0, 0.1) is 55.4 Å². The molecule has 0 radical (unpaired) electrons. The van der Waals surface area contributed by atoms with Gasteiger partial charge in [0.2, 0.25) is 17.3 Å². The Hall–Kier alpha value is -7.37. The minimum atomic E-state index is -1.14. The van der Waals surface area contributed by atoms with E-state index in [1.165, 1.54) is 0 Å². The Labute approximate surface area is 382 Å². The molecule has 0 saturated heterocycles. The maximum absolute atomic E-state index is 15.0. The van der Waals surface area contributed by atoms with E-state index in [1.54, 1.807) is 0 Å². The van der Waals surface area contributed by atoms with Crippen LogP contribution in [-0.2, 0) is 5.41 Å². The van der Waals surface area contributed by atoms with Gasteiger partial charge in [-0.1, -0.05) is 136 Å². The summed E-state index contributed by atoms with van der Waals surface area (Å²) in [6.45, 7) is 18.2. The van der Waals surface area contributed by atoms with Crippen molar-refractivity contribution in [1.82, 2.24) is 9.97 Å². The van der Waals surface area contributed by atoms with Crippen molar-refractivity contribution >= 4 is 17.3 Å². The van der Waals surface area contributed by atoms with Crippen LogP contribution >= 0.6 is 0 Å². The van der Waals surface area contributed by atoms with E-state index in [4.69, 9.17) is 9.97 Å². The molecule has 1 unspecified atom stereocenters. The fourth-order valence-corrected chi connectivity index (χ4v) is 10.3. The van der Waals surface area contributed by atoms with Crippen LogP contribution in [0.25, 0.3) is 11.1 Å². The third-order valence-corrected chi connectivity index (χ3v) is 12.8. The van der Waals surface area contributed by atoms with Crippen LogP contribution in [0.5, 0.6) is 0 Å². The summed E-state index contributed by atoms with van der Waals surface area (Å²) in [6, 6.07) is 48.5. The second kappa shape index (κ2) is 16.6. The van der Waals surface area contributed by atoms with Crippen LogP contribution in [0.1, 0.15) is 139 Å². The summed E-state index contributed by atoms with van der Waals surface area (Å²) in [4.78, 5) is 55.1. The maximum atomic E-state index is 15.0. The Balaban J connectivity index is 1.40. The van der Waals surface area contributed by atoms with E-state index in [2.05, 4.69) is 75.4 Å². The number of carbonyl (C=O) groups is 3. The SMILES string of the molecule is Cc1cc(C)cc(C(=O)c2cc(C3(c4cc(C(=O)c5cc(C)cc(C)c5)nc(C(C)c5cc(C)cc(C)c5)c4)c4ccccc4-c4ccccc43)cc(C(=O)c3cc(C)cc(C)c3)n2)c1. The molecule has 0 N–H and O–H groups in total. The number of rotatable bonds is 10. The van der Waals surface area contributed by atoms with Crippen molar-refractivity contribution in [3.8, 4) is 11.1 Å². The number of fused-ring (bicyclic) bond motifs is 3. The zero-order valence-electron chi connectivity index (χ0n) is 38.6. The highest BCUT2D eigenvalue weighted by atomic mass is 16.1. The number of aryl methyl sites for hydroxylation is 8. The van der Waals surface area contributed by atoms with Gasteiger partial charge in [-0.05, 0) is 155 Å².